The highest BCUT2D eigenvalue weighted by Crippen LogP contribution is 2.08. The highest BCUT2D eigenvalue weighted by molar-refractivity contribution is 5.94. The Morgan fingerprint density at radius 3 is 2.65 bits per heavy atom. The van der Waals surface area contributed by atoms with Gasteiger partial charge in [0.2, 0.25) is 0 Å². The van der Waals surface area contributed by atoms with Gasteiger partial charge in [-0.3, -0.25) is 9.78 Å². The maximum Gasteiger partial charge on any atom is 0.252 e. The molecule has 2 N–H and O–H groups in total. The third-order valence-corrected chi connectivity index (χ3v) is 3.43. The van der Waals surface area contributed by atoms with Crippen molar-refractivity contribution in [3.05, 3.63) is 59.9 Å². The Morgan fingerprint density at radius 1 is 1.13 bits per heavy atom. The SMILES string of the molecule is CN(C)CCNc1cncc(C(=O)NCCc2ccccc2)c1. The Balaban J connectivity index is 1.82. The Morgan fingerprint density at radius 2 is 1.91 bits per heavy atom. The van der Waals surface area contributed by atoms with Crippen LogP contribution in [-0.2, 0) is 6.42 Å². The summed E-state index contributed by atoms with van der Waals surface area (Å²) in [7, 11) is 4.05. The summed E-state index contributed by atoms with van der Waals surface area (Å²) in [5, 5.41) is 6.20. The molecule has 23 heavy (non-hydrogen) atoms. The van der Waals surface area contributed by atoms with Crippen molar-refractivity contribution in [1.82, 2.24) is 15.2 Å². The molecule has 5 nitrogen and oxygen atoms in total. The van der Waals surface area contributed by atoms with Crippen LogP contribution in [0, 0.1) is 0 Å². The lowest BCUT2D eigenvalue weighted by molar-refractivity contribution is 0.0954. The number of rotatable bonds is 8. The zero-order valence-electron chi connectivity index (χ0n) is 13.7. The van der Waals surface area contributed by atoms with E-state index in [9.17, 15) is 4.79 Å². The molecule has 0 radical (unpaired) electrons. The Bertz CT molecular complexity index is 613. The average molecular weight is 312 g/mol. The molecule has 2 aromatic rings. The van der Waals surface area contributed by atoms with E-state index in [1.54, 1.807) is 12.4 Å². The average Bonchev–Trinajstić information content (AvgIpc) is 2.56. The van der Waals surface area contributed by atoms with E-state index < -0.39 is 0 Å². The summed E-state index contributed by atoms with van der Waals surface area (Å²) in [6.45, 7) is 2.35. The Labute approximate surface area is 137 Å². The molecule has 2 rings (SSSR count). The van der Waals surface area contributed by atoms with Crippen LogP contribution in [0.1, 0.15) is 15.9 Å². The van der Waals surface area contributed by atoms with Gasteiger partial charge in [0, 0.05) is 32.0 Å². The van der Waals surface area contributed by atoms with Gasteiger partial charge in [-0.25, -0.2) is 0 Å². The molecule has 0 fully saturated rings. The predicted octanol–water partition coefficient (Wildman–Crippen LogP) is 2.03. The smallest absolute Gasteiger partial charge is 0.252 e. The number of hydrogen-bond donors (Lipinski definition) is 2. The van der Waals surface area contributed by atoms with Crippen LogP contribution in [0.25, 0.3) is 0 Å². The third-order valence-electron chi connectivity index (χ3n) is 3.43. The van der Waals surface area contributed by atoms with Crippen molar-refractivity contribution in [3.63, 3.8) is 0 Å². The van der Waals surface area contributed by atoms with Crippen molar-refractivity contribution < 1.29 is 4.79 Å². The van der Waals surface area contributed by atoms with Crippen molar-refractivity contribution in [2.45, 2.75) is 6.42 Å². The van der Waals surface area contributed by atoms with E-state index in [0.717, 1.165) is 25.2 Å². The number of benzene rings is 1. The molecule has 1 aromatic heterocycles. The number of carbonyl (C=O) groups excluding carboxylic acids is 1. The molecule has 5 heteroatoms. The van der Waals surface area contributed by atoms with Crippen molar-refractivity contribution in [3.8, 4) is 0 Å². The molecule has 0 bridgehead atoms. The second-order valence-corrected chi connectivity index (χ2v) is 5.68. The number of aromatic nitrogens is 1. The van der Waals surface area contributed by atoms with Crippen LogP contribution in [0.2, 0.25) is 0 Å². The molecular formula is C18H24N4O. The summed E-state index contributed by atoms with van der Waals surface area (Å²) < 4.78 is 0. The van der Waals surface area contributed by atoms with E-state index in [1.165, 1.54) is 5.56 Å². The van der Waals surface area contributed by atoms with E-state index >= 15 is 0 Å². The van der Waals surface area contributed by atoms with E-state index in [0.29, 0.717) is 12.1 Å². The van der Waals surface area contributed by atoms with Crippen LogP contribution in [0.5, 0.6) is 0 Å². The fourth-order valence-corrected chi connectivity index (χ4v) is 2.15. The Kier molecular flexibility index (Phi) is 6.56. The van der Waals surface area contributed by atoms with Crippen molar-refractivity contribution in [2.75, 3.05) is 39.0 Å². The lowest BCUT2D eigenvalue weighted by atomic mass is 10.1. The normalized spacial score (nSPS) is 10.6. The number of likely N-dealkylation sites (N-methyl/N-ethyl adjacent to an activating group) is 1. The quantitative estimate of drug-likeness (QED) is 0.783. The first-order valence-corrected chi connectivity index (χ1v) is 7.81. The molecule has 0 aliphatic carbocycles. The molecule has 0 saturated carbocycles. The van der Waals surface area contributed by atoms with Crippen LogP contribution in [0.15, 0.2) is 48.8 Å². The zero-order valence-corrected chi connectivity index (χ0v) is 13.7. The van der Waals surface area contributed by atoms with Gasteiger partial charge in [0.25, 0.3) is 5.91 Å². The maximum absolute atomic E-state index is 12.2. The lowest BCUT2D eigenvalue weighted by Crippen LogP contribution is -2.26. The summed E-state index contributed by atoms with van der Waals surface area (Å²) in [5.41, 5.74) is 2.65. The summed E-state index contributed by atoms with van der Waals surface area (Å²) in [6, 6.07) is 11.9. The van der Waals surface area contributed by atoms with Gasteiger partial charge in [0.05, 0.1) is 11.3 Å². The van der Waals surface area contributed by atoms with Crippen molar-refractivity contribution in [2.24, 2.45) is 0 Å². The molecule has 0 saturated heterocycles. The largest absolute Gasteiger partial charge is 0.382 e. The minimum absolute atomic E-state index is 0.0929. The minimum Gasteiger partial charge on any atom is -0.382 e. The van der Waals surface area contributed by atoms with Gasteiger partial charge < -0.3 is 15.5 Å². The van der Waals surface area contributed by atoms with Crippen molar-refractivity contribution >= 4 is 11.6 Å². The Hall–Kier alpha value is -2.40. The van der Waals surface area contributed by atoms with E-state index in [1.807, 2.05) is 38.4 Å². The highest BCUT2D eigenvalue weighted by atomic mass is 16.1. The summed E-state index contributed by atoms with van der Waals surface area (Å²) >= 11 is 0. The molecular weight excluding hydrogens is 288 g/mol. The van der Waals surface area contributed by atoms with Crippen LogP contribution >= 0.6 is 0 Å². The first kappa shape index (κ1) is 17.0. The van der Waals surface area contributed by atoms with Crippen molar-refractivity contribution in [1.29, 1.82) is 0 Å². The summed E-state index contributed by atoms with van der Waals surface area (Å²) in [5.74, 6) is -0.0929. The molecule has 0 spiro atoms. The third kappa shape index (κ3) is 6.08. The van der Waals surface area contributed by atoms with Gasteiger partial charge in [-0.2, -0.15) is 0 Å². The van der Waals surface area contributed by atoms with Gasteiger partial charge in [-0.05, 0) is 32.1 Å². The lowest BCUT2D eigenvalue weighted by Gasteiger charge is -2.12. The van der Waals surface area contributed by atoms with E-state index in [2.05, 4.69) is 32.7 Å². The van der Waals surface area contributed by atoms with E-state index in [4.69, 9.17) is 0 Å². The van der Waals surface area contributed by atoms with Gasteiger partial charge in [-0.1, -0.05) is 30.3 Å². The number of carbonyl (C=O) groups is 1. The van der Waals surface area contributed by atoms with Gasteiger partial charge in [0.1, 0.15) is 0 Å². The number of amides is 1. The van der Waals surface area contributed by atoms with Crippen LogP contribution in [0.3, 0.4) is 0 Å². The highest BCUT2D eigenvalue weighted by Gasteiger charge is 2.06. The summed E-state index contributed by atoms with van der Waals surface area (Å²) in [6.07, 6.45) is 4.15. The fourth-order valence-electron chi connectivity index (χ4n) is 2.15. The maximum atomic E-state index is 12.2. The molecule has 0 unspecified atom stereocenters. The number of pyridine rings is 1. The number of hydrogen-bond acceptors (Lipinski definition) is 4. The molecule has 0 aliphatic heterocycles. The molecule has 122 valence electrons. The zero-order chi connectivity index (χ0) is 16.5. The number of nitrogens with zero attached hydrogens (tertiary/aromatic N) is 2. The van der Waals surface area contributed by atoms with Gasteiger partial charge >= 0.3 is 0 Å². The standard InChI is InChI=1S/C18H24N4O/c1-22(2)11-10-20-17-12-16(13-19-14-17)18(23)21-9-8-15-6-4-3-5-7-15/h3-7,12-14,20H,8-11H2,1-2H3,(H,21,23). The first-order chi connectivity index (χ1) is 11.1. The summed E-state index contributed by atoms with van der Waals surface area (Å²) in [4.78, 5) is 18.4. The predicted molar refractivity (Wildman–Crippen MR) is 93.8 cm³/mol. The number of anilines is 1. The molecule has 1 amide bonds. The second kappa shape index (κ2) is 8.90. The van der Waals surface area contributed by atoms with Crippen LogP contribution in [-0.4, -0.2) is 49.5 Å². The van der Waals surface area contributed by atoms with Crippen LogP contribution < -0.4 is 10.6 Å². The fraction of sp³-hybridized carbons (Fsp3) is 0.333. The monoisotopic (exact) mass is 312 g/mol. The van der Waals surface area contributed by atoms with E-state index in [-0.39, 0.29) is 5.91 Å². The topological polar surface area (TPSA) is 57.3 Å². The number of nitrogens with one attached hydrogen (secondary N) is 2. The molecule has 1 heterocycles. The molecule has 1 aromatic carbocycles. The first-order valence-electron chi connectivity index (χ1n) is 7.81. The van der Waals surface area contributed by atoms with Gasteiger partial charge in [-0.15, -0.1) is 0 Å². The molecule has 0 aliphatic rings. The second-order valence-electron chi connectivity index (χ2n) is 5.68. The minimum atomic E-state index is -0.0929. The van der Waals surface area contributed by atoms with Crippen LogP contribution in [0.4, 0.5) is 5.69 Å². The van der Waals surface area contributed by atoms with Gasteiger partial charge in [0.15, 0.2) is 0 Å². The molecule has 0 atom stereocenters.